The number of unbranched alkanes of at least 4 members (excludes halogenated alkanes) is 1. The minimum absolute atomic E-state index is 0.368. The van der Waals surface area contributed by atoms with Gasteiger partial charge in [-0.3, -0.25) is 9.59 Å². The molecule has 0 radical (unpaired) electrons. The predicted molar refractivity (Wildman–Crippen MR) is 80.3 cm³/mol. The lowest BCUT2D eigenvalue weighted by molar-refractivity contribution is -0.124. The largest absolute Gasteiger partial charge is 0.387 e. The maximum Gasteiger partial charge on any atom is 0.245 e. The van der Waals surface area contributed by atoms with Crippen molar-refractivity contribution in [3.05, 3.63) is 0 Å². The van der Waals surface area contributed by atoms with Crippen LogP contribution in [0.2, 0.25) is 0 Å². The van der Waals surface area contributed by atoms with E-state index in [-0.39, 0.29) is 11.8 Å². The molecule has 8 nitrogen and oxygen atoms in total. The highest BCUT2D eigenvalue weighted by molar-refractivity contribution is 5.77. The minimum Gasteiger partial charge on any atom is -0.387 e. The van der Waals surface area contributed by atoms with Crippen molar-refractivity contribution in [1.82, 2.24) is 10.6 Å². The summed E-state index contributed by atoms with van der Waals surface area (Å²) >= 11 is 0. The smallest absolute Gasteiger partial charge is 0.245 e. The van der Waals surface area contributed by atoms with Gasteiger partial charge in [0.1, 0.15) is 13.2 Å². The zero-order valence-corrected chi connectivity index (χ0v) is 13.0. The summed E-state index contributed by atoms with van der Waals surface area (Å²) in [4.78, 5) is 21.4. The van der Waals surface area contributed by atoms with Crippen molar-refractivity contribution < 1.29 is 29.3 Å². The minimum atomic E-state index is -0.478. The third kappa shape index (κ3) is 15.2. The molecule has 0 aliphatic rings. The molecule has 0 aromatic rings. The normalized spacial score (nSPS) is 10.5. The Kier molecular flexibility index (Phi) is 15.3. The molecule has 0 heterocycles. The molecule has 0 rings (SSSR count). The van der Waals surface area contributed by atoms with Crippen LogP contribution in [0.4, 0.5) is 0 Å². The van der Waals surface area contributed by atoms with Gasteiger partial charge in [-0.25, -0.2) is 0 Å². The first kappa shape index (κ1) is 20.8. The fourth-order valence-corrected chi connectivity index (χ4v) is 1.53. The number of amides is 2. The molecule has 0 saturated heterocycles. The second kappa shape index (κ2) is 16.2. The first-order chi connectivity index (χ1) is 10.7. The summed E-state index contributed by atoms with van der Waals surface area (Å²) in [7, 11) is 0. The van der Waals surface area contributed by atoms with E-state index in [0.29, 0.717) is 39.5 Å². The number of hydrogen-bond acceptors (Lipinski definition) is 6. The summed E-state index contributed by atoms with van der Waals surface area (Å²) in [5, 5.41) is 22.1. The van der Waals surface area contributed by atoms with Crippen molar-refractivity contribution in [1.29, 1.82) is 0 Å². The summed E-state index contributed by atoms with van der Waals surface area (Å²) in [6, 6.07) is 0. The van der Waals surface area contributed by atoms with Crippen LogP contribution in [0.15, 0.2) is 0 Å². The van der Waals surface area contributed by atoms with Gasteiger partial charge in [0.2, 0.25) is 11.8 Å². The van der Waals surface area contributed by atoms with Crippen LogP contribution in [0.25, 0.3) is 0 Å². The topological polar surface area (TPSA) is 117 Å². The fraction of sp³-hybridized carbons (Fsp3) is 0.857. The summed E-state index contributed by atoms with van der Waals surface area (Å²) in [6.45, 7) is 2.54. The van der Waals surface area contributed by atoms with E-state index >= 15 is 0 Å². The number of ether oxygens (including phenoxy) is 2. The molecule has 0 bridgehead atoms. The van der Waals surface area contributed by atoms with Gasteiger partial charge in [0.15, 0.2) is 0 Å². The van der Waals surface area contributed by atoms with Gasteiger partial charge in [0.25, 0.3) is 0 Å². The standard InChI is InChI=1S/C14H28N2O6/c17-11-13(19)15-5-3-9-21-7-1-2-8-22-10-4-6-16-14(20)12-18/h17-18H,1-12H2,(H,15,19)(H,16,20). The SMILES string of the molecule is O=C(CO)NCCCOCCCCOCCCNC(=O)CO. The molecule has 130 valence electrons. The molecule has 0 aromatic carbocycles. The first-order valence-corrected chi connectivity index (χ1v) is 7.61. The summed E-state index contributed by atoms with van der Waals surface area (Å²) in [5.41, 5.74) is 0. The lowest BCUT2D eigenvalue weighted by Crippen LogP contribution is -2.27. The molecular weight excluding hydrogens is 292 g/mol. The zero-order chi connectivity index (χ0) is 16.5. The van der Waals surface area contributed by atoms with Gasteiger partial charge in [-0.2, -0.15) is 0 Å². The van der Waals surface area contributed by atoms with E-state index in [0.717, 1.165) is 25.7 Å². The second-order valence-corrected chi connectivity index (χ2v) is 4.66. The lowest BCUT2D eigenvalue weighted by atomic mass is 10.3. The molecule has 22 heavy (non-hydrogen) atoms. The van der Waals surface area contributed by atoms with E-state index in [4.69, 9.17) is 19.7 Å². The molecule has 0 aromatic heterocycles. The highest BCUT2D eigenvalue weighted by Crippen LogP contribution is 1.93. The van der Waals surface area contributed by atoms with Crippen LogP contribution < -0.4 is 10.6 Å². The van der Waals surface area contributed by atoms with E-state index in [9.17, 15) is 9.59 Å². The third-order valence-electron chi connectivity index (χ3n) is 2.69. The van der Waals surface area contributed by atoms with Gasteiger partial charge < -0.3 is 30.3 Å². The van der Waals surface area contributed by atoms with Crippen LogP contribution in [-0.4, -0.2) is 74.8 Å². The predicted octanol–water partition coefficient (Wildman–Crippen LogP) is -1.20. The fourth-order valence-electron chi connectivity index (χ4n) is 1.53. The van der Waals surface area contributed by atoms with Crippen LogP contribution in [0, 0.1) is 0 Å². The highest BCUT2D eigenvalue weighted by atomic mass is 16.5. The Morgan fingerprint density at radius 2 is 1.05 bits per heavy atom. The Labute approximate surface area is 131 Å². The Morgan fingerprint density at radius 1 is 0.682 bits per heavy atom. The molecule has 2 amide bonds. The molecule has 0 fully saturated rings. The van der Waals surface area contributed by atoms with E-state index in [1.165, 1.54) is 0 Å². The number of nitrogens with one attached hydrogen (secondary N) is 2. The van der Waals surface area contributed by atoms with Crippen LogP contribution in [0.3, 0.4) is 0 Å². The van der Waals surface area contributed by atoms with Crippen LogP contribution in [0.1, 0.15) is 25.7 Å². The van der Waals surface area contributed by atoms with Crippen LogP contribution >= 0.6 is 0 Å². The molecule has 4 N–H and O–H groups in total. The van der Waals surface area contributed by atoms with E-state index in [2.05, 4.69) is 10.6 Å². The first-order valence-electron chi connectivity index (χ1n) is 7.61. The maximum absolute atomic E-state index is 10.7. The number of rotatable bonds is 15. The molecule has 8 heteroatoms. The van der Waals surface area contributed by atoms with Gasteiger partial charge in [-0.1, -0.05) is 0 Å². The maximum atomic E-state index is 10.7. The monoisotopic (exact) mass is 320 g/mol. The number of aliphatic hydroxyl groups is 2. The molecular formula is C14H28N2O6. The molecule has 0 saturated carbocycles. The Hall–Kier alpha value is -1.22. The van der Waals surface area contributed by atoms with Crippen molar-refractivity contribution in [2.24, 2.45) is 0 Å². The van der Waals surface area contributed by atoms with Crippen molar-refractivity contribution in [3.8, 4) is 0 Å². The van der Waals surface area contributed by atoms with Crippen molar-refractivity contribution in [2.45, 2.75) is 25.7 Å². The van der Waals surface area contributed by atoms with Crippen molar-refractivity contribution in [3.63, 3.8) is 0 Å². The van der Waals surface area contributed by atoms with Gasteiger partial charge in [0, 0.05) is 39.5 Å². The van der Waals surface area contributed by atoms with Gasteiger partial charge in [-0.05, 0) is 25.7 Å². The number of carbonyl (C=O) groups excluding carboxylic acids is 2. The Balaban J connectivity index is 3.05. The summed E-state index contributed by atoms with van der Waals surface area (Å²) < 4.78 is 10.8. The molecule has 0 aliphatic heterocycles. The summed E-state index contributed by atoms with van der Waals surface area (Å²) in [6.07, 6.45) is 3.26. The van der Waals surface area contributed by atoms with Crippen molar-refractivity contribution >= 4 is 11.8 Å². The number of hydrogen-bond donors (Lipinski definition) is 4. The number of carbonyl (C=O) groups is 2. The van der Waals surface area contributed by atoms with E-state index < -0.39 is 13.2 Å². The number of aliphatic hydroxyl groups excluding tert-OH is 2. The summed E-state index contributed by atoms with van der Waals surface area (Å²) in [5.74, 6) is -0.735. The second-order valence-electron chi connectivity index (χ2n) is 4.66. The zero-order valence-electron chi connectivity index (χ0n) is 13.0. The van der Waals surface area contributed by atoms with Crippen LogP contribution in [-0.2, 0) is 19.1 Å². The Bertz CT molecular complexity index is 261. The quantitative estimate of drug-likeness (QED) is 0.282. The van der Waals surface area contributed by atoms with Gasteiger partial charge >= 0.3 is 0 Å². The van der Waals surface area contributed by atoms with Crippen LogP contribution in [0.5, 0.6) is 0 Å². The van der Waals surface area contributed by atoms with E-state index in [1.807, 2.05) is 0 Å². The lowest BCUT2D eigenvalue weighted by Gasteiger charge is -2.06. The van der Waals surface area contributed by atoms with Crippen molar-refractivity contribution in [2.75, 3.05) is 52.7 Å². The molecule has 0 aliphatic carbocycles. The van der Waals surface area contributed by atoms with Gasteiger partial charge in [0.05, 0.1) is 0 Å². The Morgan fingerprint density at radius 3 is 1.41 bits per heavy atom. The average molecular weight is 320 g/mol. The average Bonchev–Trinajstić information content (AvgIpc) is 2.54. The van der Waals surface area contributed by atoms with E-state index in [1.54, 1.807) is 0 Å². The molecule has 0 unspecified atom stereocenters. The third-order valence-corrected chi connectivity index (χ3v) is 2.69. The molecule has 0 atom stereocenters. The van der Waals surface area contributed by atoms with Gasteiger partial charge in [-0.15, -0.1) is 0 Å². The molecule has 0 spiro atoms. The highest BCUT2D eigenvalue weighted by Gasteiger charge is 1.97.